The number of hydrogen-bond acceptors (Lipinski definition) is 2. The first kappa shape index (κ1) is 13.1. The van der Waals surface area contributed by atoms with E-state index < -0.39 is 0 Å². The molecule has 0 fully saturated rings. The number of aryl methyl sites for hydroxylation is 2. The summed E-state index contributed by atoms with van der Waals surface area (Å²) in [5, 5.41) is 3.28. The zero-order chi connectivity index (χ0) is 13.3. The highest BCUT2D eigenvalue weighted by molar-refractivity contribution is 5.77. The molecule has 3 heteroatoms. The molecule has 2 aromatic rings. The maximum Gasteiger partial charge on any atom is 0.0961 e. The van der Waals surface area contributed by atoms with Gasteiger partial charge in [-0.25, -0.2) is 4.98 Å². The number of aromatic nitrogens is 2. The van der Waals surface area contributed by atoms with Crippen LogP contribution in [0.2, 0.25) is 0 Å². The molecular formula is C15H23N3. The highest BCUT2D eigenvalue weighted by atomic mass is 15.1. The first-order valence-electron chi connectivity index (χ1n) is 6.63. The van der Waals surface area contributed by atoms with Gasteiger partial charge in [0.25, 0.3) is 0 Å². The van der Waals surface area contributed by atoms with Gasteiger partial charge in [0.05, 0.1) is 17.4 Å². The molecule has 18 heavy (non-hydrogen) atoms. The summed E-state index contributed by atoms with van der Waals surface area (Å²) in [6, 6.07) is 4.88. The van der Waals surface area contributed by atoms with Crippen molar-refractivity contribution in [2.45, 2.75) is 33.7 Å². The van der Waals surface area contributed by atoms with Crippen LogP contribution in [-0.2, 0) is 0 Å². The molecule has 1 heterocycles. The van der Waals surface area contributed by atoms with Gasteiger partial charge in [0.1, 0.15) is 0 Å². The molecule has 0 saturated heterocycles. The fraction of sp³-hybridized carbons (Fsp3) is 0.533. The molecule has 1 N–H and O–H groups in total. The van der Waals surface area contributed by atoms with E-state index in [0.29, 0.717) is 12.0 Å². The Bertz CT molecular complexity index is 540. The summed E-state index contributed by atoms with van der Waals surface area (Å²) in [4.78, 5) is 4.54. The summed E-state index contributed by atoms with van der Waals surface area (Å²) in [6.45, 7) is 9.79. The molecule has 1 atom stereocenters. The molecule has 0 radical (unpaired) electrons. The number of nitrogens with one attached hydrogen (secondary N) is 1. The lowest BCUT2D eigenvalue weighted by atomic mass is 10.0. The van der Waals surface area contributed by atoms with Crippen molar-refractivity contribution in [3.8, 4) is 0 Å². The van der Waals surface area contributed by atoms with Gasteiger partial charge in [-0.05, 0) is 50.1 Å². The van der Waals surface area contributed by atoms with Gasteiger partial charge in [-0.3, -0.25) is 0 Å². The normalized spacial score (nSPS) is 13.4. The summed E-state index contributed by atoms with van der Waals surface area (Å²) in [7, 11) is 2.00. The Morgan fingerprint density at radius 3 is 2.50 bits per heavy atom. The number of likely N-dealkylation sites (N-methyl/N-ethyl adjacent to an activating group) is 1. The largest absolute Gasteiger partial charge is 0.326 e. The standard InChI is InChI=1S/C15H23N3/c1-10(2)15(8-16-5)18-9-17-13-6-11(3)12(4)7-14(13)18/h6-7,9-10,15-16H,8H2,1-5H3. The van der Waals surface area contributed by atoms with Crippen molar-refractivity contribution >= 4 is 11.0 Å². The molecule has 0 saturated carbocycles. The minimum atomic E-state index is 0.446. The molecule has 0 bridgehead atoms. The lowest BCUT2D eigenvalue weighted by Crippen LogP contribution is -2.26. The van der Waals surface area contributed by atoms with Gasteiger partial charge in [0.2, 0.25) is 0 Å². The van der Waals surface area contributed by atoms with Crippen LogP contribution in [0, 0.1) is 19.8 Å². The minimum absolute atomic E-state index is 0.446. The Kier molecular flexibility index (Phi) is 3.71. The highest BCUT2D eigenvalue weighted by Crippen LogP contribution is 2.25. The van der Waals surface area contributed by atoms with Crippen LogP contribution in [0.15, 0.2) is 18.5 Å². The molecule has 2 rings (SSSR count). The van der Waals surface area contributed by atoms with Gasteiger partial charge < -0.3 is 9.88 Å². The van der Waals surface area contributed by atoms with E-state index in [4.69, 9.17) is 0 Å². The van der Waals surface area contributed by atoms with Crippen molar-refractivity contribution < 1.29 is 0 Å². The Balaban J connectivity index is 2.53. The molecule has 0 aliphatic carbocycles. The summed E-state index contributed by atoms with van der Waals surface area (Å²) in [6.07, 6.45) is 1.98. The van der Waals surface area contributed by atoms with E-state index >= 15 is 0 Å². The van der Waals surface area contributed by atoms with E-state index in [1.165, 1.54) is 16.6 Å². The SMILES string of the molecule is CNCC(C(C)C)n1cnc2cc(C)c(C)cc21. The van der Waals surface area contributed by atoms with Crippen LogP contribution in [0.3, 0.4) is 0 Å². The third-order valence-electron chi connectivity index (χ3n) is 3.73. The van der Waals surface area contributed by atoms with Crippen LogP contribution >= 0.6 is 0 Å². The van der Waals surface area contributed by atoms with Gasteiger partial charge in [0.15, 0.2) is 0 Å². The fourth-order valence-electron chi connectivity index (χ4n) is 2.41. The first-order valence-corrected chi connectivity index (χ1v) is 6.63. The second-order valence-electron chi connectivity index (χ2n) is 5.45. The van der Waals surface area contributed by atoms with E-state index in [9.17, 15) is 0 Å². The van der Waals surface area contributed by atoms with E-state index in [1.807, 2.05) is 13.4 Å². The van der Waals surface area contributed by atoms with Crippen LogP contribution in [0.5, 0.6) is 0 Å². The van der Waals surface area contributed by atoms with E-state index in [-0.39, 0.29) is 0 Å². The summed E-state index contributed by atoms with van der Waals surface area (Å²) >= 11 is 0. The second-order valence-corrected chi connectivity index (χ2v) is 5.45. The van der Waals surface area contributed by atoms with Crippen LogP contribution in [0.4, 0.5) is 0 Å². The fourth-order valence-corrected chi connectivity index (χ4v) is 2.41. The van der Waals surface area contributed by atoms with E-state index in [2.05, 4.69) is 54.7 Å². The van der Waals surface area contributed by atoms with Gasteiger partial charge in [-0.15, -0.1) is 0 Å². The Labute approximate surface area is 109 Å². The quantitative estimate of drug-likeness (QED) is 0.897. The molecule has 0 aliphatic heterocycles. The summed E-state index contributed by atoms with van der Waals surface area (Å²) in [5.74, 6) is 0.580. The monoisotopic (exact) mass is 245 g/mol. The highest BCUT2D eigenvalue weighted by Gasteiger charge is 2.17. The van der Waals surface area contributed by atoms with Crippen molar-refractivity contribution in [2.24, 2.45) is 5.92 Å². The number of imidazole rings is 1. The van der Waals surface area contributed by atoms with E-state index in [1.54, 1.807) is 0 Å². The van der Waals surface area contributed by atoms with Crippen LogP contribution in [0.1, 0.15) is 31.0 Å². The maximum absolute atomic E-state index is 4.54. The number of benzene rings is 1. The van der Waals surface area contributed by atoms with Gasteiger partial charge >= 0.3 is 0 Å². The summed E-state index contributed by atoms with van der Waals surface area (Å²) < 4.78 is 2.31. The van der Waals surface area contributed by atoms with Crippen LogP contribution in [-0.4, -0.2) is 23.1 Å². The predicted molar refractivity (Wildman–Crippen MR) is 77.0 cm³/mol. The zero-order valence-electron chi connectivity index (χ0n) is 12.0. The van der Waals surface area contributed by atoms with Crippen molar-refractivity contribution in [1.82, 2.24) is 14.9 Å². The van der Waals surface area contributed by atoms with Crippen molar-refractivity contribution in [1.29, 1.82) is 0 Å². The maximum atomic E-state index is 4.54. The Morgan fingerprint density at radius 2 is 1.89 bits per heavy atom. The average Bonchev–Trinajstić information content (AvgIpc) is 2.69. The lowest BCUT2D eigenvalue weighted by Gasteiger charge is -2.23. The smallest absolute Gasteiger partial charge is 0.0961 e. The molecule has 0 aliphatic rings. The topological polar surface area (TPSA) is 29.9 Å². The minimum Gasteiger partial charge on any atom is -0.326 e. The molecule has 1 unspecified atom stereocenters. The third kappa shape index (κ3) is 2.27. The number of rotatable bonds is 4. The Morgan fingerprint density at radius 1 is 1.22 bits per heavy atom. The van der Waals surface area contributed by atoms with E-state index in [0.717, 1.165) is 12.1 Å². The number of nitrogens with zero attached hydrogens (tertiary/aromatic N) is 2. The first-order chi connectivity index (χ1) is 8.54. The predicted octanol–water partition coefficient (Wildman–Crippen LogP) is 3.07. The molecular weight excluding hydrogens is 222 g/mol. The van der Waals surface area contributed by atoms with Crippen LogP contribution < -0.4 is 5.32 Å². The van der Waals surface area contributed by atoms with Gasteiger partial charge in [-0.2, -0.15) is 0 Å². The molecule has 1 aromatic carbocycles. The summed E-state index contributed by atoms with van der Waals surface area (Å²) in [5.41, 5.74) is 4.98. The molecule has 98 valence electrons. The number of hydrogen-bond donors (Lipinski definition) is 1. The molecule has 0 spiro atoms. The third-order valence-corrected chi connectivity index (χ3v) is 3.73. The van der Waals surface area contributed by atoms with Gasteiger partial charge in [0, 0.05) is 12.6 Å². The van der Waals surface area contributed by atoms with Crippen molar-refractivity contribution in [2.75, 3.05) is 13.6 Å². The van der Waals surface area contributed by atoms with Crippen LogP contribution in [0.25, 0.3) is 11.0 Å². The van der Waals surface area contributed by atoms with Crippen molar-refractivity contribution in [3.63, 3.8) is 0 Å². The molecule has 0 amide bonds. The second kappa shape index (κ2) is 5.11. The Hall–Kier alpha value is -1.35. The molecule has 3 nitrogen and oxygen atoms in total. The van der Waals surface area contributed by atoms with Crippen molar-refractivity contribution in [3.05, 3.63) is 29.6 Å². The van der Waals surface area contributed by atoms with Gasteiger partial charge in [-0.1, -0.05) is 13.8 Å². The lowest BCUT2D eigenvalue weighted by molar-refractivity contribution is 0.373. The zero-order valence-corrected chi connectivity index (χ0v) is 12.0. The molecule has 1 aromatic heterocycles. The average molecular weight is 245 g/mol. The number of fused-ring (bicyclic) bond motifs is 1.